The molecule has 1 fully saturated rings. The summed E-state index contributed by atoms with van der Waals surface area (Å²) in [6.45, 7) is 5.11. The van der Waals surface area contributed by atoms with Crippen LogP contribution >= 0.6 is 0 Å². The van der Waals surface area contributed by atoms with Crippen LogP contribution in [-0.4, -0.2) is 54.5 Å². The number of nitrogens with one attached hydrogen (secondary N) is 2. The van der Waals surface area contributed by atoms with Crippen molar-refractivity contribution in [3.8, 4) is 0 Å². The van der Waals surface area contributed by atoms with Gasteiger partial charge in [0.05, 0.1) is 11.9 Å². The van der Waals surface area contributed by atoms with Crippen LogP contribution in [0.15, 0.2) is 27.0 Å². The smallest absolute Gasteiger partial charge is 0.330 e. The molecule has 0 saturated carbocycles. The Hall–Kier alpha value is -2.67. The van der Waals surface area contributed by atoms with Crippen molar-refractivity contribution in [2.75, 3.05) is 12.3 Å². The van der Waals surface area contributed by atoms with Crippen LogP contribution in [0.2, 0.25) is 0 Å². The Morgan fingerprint density at radius 1 is 1.47 bits per heavy atom. The summed E-state index contributed by atoms with van der Waals surface area (Å²) in [5.74, 6) is -0.929. The Morgan fingerprint density at radius 3 is 2.73 bits per heavy atom. The van der Waals surface area contributed by atoms with Gasteiger partial charge in [-0.1, -0.05) is 19.0 Å². The third kappa shape index (κ3) is 6.16. The Balaban J connectivity index is 2.31. The molecule has 4 atom stereocenters. The van der Waals surface area contributed by atoms with Gasteiger partial charge in [0.2, 0.25) is 10.0 Å². The SMILES string of the molecule is CC(=O)O[C@@H]1[C@H](N=[N+]=[N-])[C@@H](CCS(=O)(=O)NCC(C)C)O[C@H]1n1ccc(=O)[nH]c1=O. The van der Waals surface area contributed by atoms with Crippen LogP contribution < -0.4 is 16.0 Å². The second-order valence-corrected chi connectivity index (χ2v) is 9.13. The van der Waals surface area contributed by atoms with Crippen LogP contribution in [-0.2, 0) is 24.3 Å². The maximum atomic E-state index is 12.2. The molecule has 1 aliphatic heterocycles. The van der Waals surface area contributed by atoms with E-state index < -0.39 is 51.7 Å². The van der Waals surface area contributed by atoms with Gasteiger partial charge in [-0.05, 0) is 17.9 Å². The molecule has 1 aromatic rings. The zero-order valence-electron chi connectivity index (χ0n) is 16.7. The van der Waals surface area contributed by atoms with Gasteiger partial charge in [0.1, 0.15) is 6.04 Å². The van der Waals surface area contributed by atoms with Crippen LogP contribution in [0.4, 0.5) is 0 Å². The number of aromatic amines is 1. The van der Waals surface area contributed by atoms with Crippen molar-refractivity contribution in [1.82, 2.24) is 14.3 Å². The highest BCUT2D eigenvalue weighted by molar-refractivity contribution is 7.89. The highest BCUT2D eigenvalue weighted by Crippen LogP contribution is 2.35. The van der Waals surface area contributed by atoms with Crippen molar-refractivity contribution in [3.05, 3.63) is 43.5 Å². The first-order valence-corrected chi connectivity index (χ1v) is 10.8. The summed E-state index contributed by atoms with van der Waals surface area (Å²) in [6, 6.07) is -0.00536. The molecule has 1 aliphatic rings. The zero-order valence-corrected chi connectivity index (χ0v) is 17.5. The number of hydrogen-bond donors (Lipinski definition) is 2. The van der Waals surface area contributed by atoms with Crippen LogP contribution in [0.1, 0.15) is 33.4 Å². The van der Waals surface area contributed by atoms with Gasteiger partial charge in [0.15, 0.2) is 12.3 Å². The lowest BCUT2D eigenvalue weighted by atomic mass is 10.1. The molecule has 13 nitrogen and oxygen atoms in total. The number of aromatic nitrogens is 2. The fraction of sp³-hybridized carbons (Fsp3) is 0.688. The molecule has 0 amide bonds. The molecule has 14 heteroatoms. The lowest BCUT2D eigenvalue weighted by Crippen LogP contribution is -2.39. The lowest BCUT2D eigenvalue weighted by Gasteiger charge is -2.21. The minimum Gasteiger partial charge on any atom is -0.457 e. The molecule has 0 bridgehead atoms. The second kappa shape index (κ2) is 9.89. The summed E-state index contributed by atoms with van der Waals surface area (Å²) in [5.41, 5.74) is 7.47. The van der Waals surface area contributed by atoms with Crippen LogP contribution in [0.5, 0.6) is 0 Å². The molecule has 1 saturated heterocycles. The largest absolute Gasteiger partial charge is 0.457 e. The van der Waals surface area contributed by atoms with Gasteiger partial charge in [-0.2, -0.15) is 0 Å². The number of hydrogen-bond acceptors (Lipinski definition) is 8. The van der Waals surface area contributed by atoms with Gasteiger partial charge < -0.3 is 9.47 Å². The number of nitrogens with zero attached hydrogens (tertiary/aromatic N) is 4. The Labute approximate surface area is 172 Å². The van der Waals surface area contributed by atoms with Crippen LogP contribution in [0, 0.1) is 5.92 Å². The number of azide groups is 1. The number of rotatable bonds is 9. The summed E-state index contributed by atoms with van der Waals surface area (Å²) < 4.78 is 38.9. The van der Waals surface area contributed by atoms with E-state index >= 15 is 0 Å². The minimum atomic E-state index is -3.63. The molecule has 30 heavy (non-hydrogen) atoms. The molecule has 0 spiro atoms. The quantitative estimate of drug-likeness (QED) is 0.232. The number of H-pyrrole nitrogens is 1. The normalized spacial score (nSPS) is 23.9. The average Bonchev–Trinajstić information content (AvgIpc) is 2.96. The van der Waals surface area contributed by atoms with Crippen LogP contribution in [0.25, 0.3) is 10.4 Å². The standard InChI is InChI=1S/C16H24N6O7S/c1-9(2)8-18-30(26,27)7-5-11-13(20-21-17)14(28-10(3)23)15(29-11)22-6-4-12(24)19-16(22)25/h4,6,9,11,13-15,18H,5,7-8H2,1-3H3,(H,19,24,25)/t11-,13-,14-,15-/m1/s1. The maximum Gasteiger partial charge on any atom is 0.330 e. The summed E-state index contributed by atoms with van der Waals surface area (Å²) in [7, 11) is -3.63. The Kier molecular flexibility index (Phi) is 7.78. The monoisotopic (exact) mass is 444 g/mol. The zero-order chi connectivity index (χ0) is 22.5. The van der Waals surface area contributed by atoms with E-state index in [2.05, 4.69) is 19.7 Å². The number of carbonyl (C=O) groups is 1. The van der Waals surface area contributed by atoms with Crippen molar-refractivity contribution in [2.45, 2.75) is 51.7 Å². The van der Waals surface area contributed by atoms with Crippen molar-refractivity contribution in [1.29, 1.82) is 0 Å². The van der Waals surface area contributed by atoms with E-state index in [0.717, 1.165) is 23.8 Å². The van der Waals surface area contributed by atoms with E-state index in [9.17, 15) is 22.8 Å². The topological polar surface area (TPSA) is 185 Å². The van der Waals surface area contributed by atoms with E-state index in [-0.39, 0.29) is 24.6 Å². The van der Waals surface area contributed by atoms with Gasteiger partial charge in [0.25, 0.3) is 5.56 Å². The molecule has 2 heterocycles. The minimum absolute atomic E-state index is 0.0799. The lowest BCUT2D eigenvalue weighted by molar-refractivity contribution is -0.152. The molecule has 166 valence electrons. The van der Waals surface area contributed by atoms with Crippen molar-refractivity contribution in [2.24, 2.45) is 11.0 Å². The average molecular weight is 444 g/mol. The van der Waals surface area contributed by atoms with Gasteiger partial charge in [0, 0.05) is 30.6 Å². The van der Waals surface area contributed by atoms with E-state index in [1.165, 1.54) is 0 Å². The number of ether oxygens (including phenoxy) is 2. The number of esters is 1. The predicted molar refractivity (Wildman–Crippen MR) is 105 cm³/mol. The highest BCUT2D eigenvalue weighted by atomic mass is 32.2. The Bertz CT molecular complexity index is 1030. The third-order valence-corrected chi connectivity index (χ3v) is 5.69. The number of carbonyl (C=O) groups excluding carboxylic acids is 1. The molecule has 0 radical (unpaired) electrons. The summed E-state index contributed by atoms with van der Waals surface area (Å²) >= 11 is 0. The first-order valence-electron chi connectivity index (χ1n) is 9.19. The molecule has 2 N–H and O–H groups in total. The van der Waals surface area contributed by atoms with Gasteiger partial charge in [-0.25, -0.2) is 17.9 Å². The molecule has 1 aromatic heterocycles. The molecule has 0 aromatic carbocycles. The van der Waals surface area contributed by atoms with Gasteiger partial charge in [-0.3, -0.25) is 19.1 Å². The molecule has 2 rings (SSSR count). The predicted octanol–water partition coefficient (Wildman–Crippen LogP) is 0.0101. The summed E-state index contributed by atoms with van der Waals surface area (Å²) in [5, 5.41) is 3.61. The van der Waals surface area contributed by atoms with Gasteiger partial charge >= 0.3 is 11.7 Å². The highest BCUT2D eigenvalue weighted by Gasteiger charge is 2.47. The van der Waals surface area contributed by atoms with E-state index in [0.29, 0.717) is 0 Å². The molecule has 0 aliphatic carbocycles. The summed E-state index contributed by atoms with van der Waals surface area (Å²) in [6.07, 6.45) is -2.30. The fourth-order valence-corrected chi connectivity index (χ4v) is 4.24. The first kappa shape index (κ1) is 23.6. The molecule has 0 unspecified atom stereocenters. The fourth-order valence-electron chi connectivity index (χ4n) is 2.96. The number of sulfonamides is 1. The van der Waals surface area contributed by atoms with Crippen molar-refractivity contribution < 1.29 is 22.7 Å². The van der Waals surface area contributed by atoms with E-state index in [1.807, 2.05) is 13.8 Å². The van der Waals surface area contributed by atoms with Crippen molar-refractivity contribution >= 4 is 16.0 Å². The van der Waals surface area contributed by atoms with Gasteiger partial charge in [-0.15, -0.1) is 0 Å². The summed E-state index contributed by atoms with van der Waals surface area (Å²) in [4.78, 5) is 39.9. The molecular formula is C16H24N6O7S. The van der Waals surface area contributed by atoms with Crippen molar-refractivity contribution in [3.63, 3.8) is 0 Å². The van der Waals surface area contributed by atoms with E-state index in [1.54, 1.807) is 0 Å². The van der Waals surface area contributed by atoms with E-state index in [4.69, 9.17) is 15.0 Å². The second-order valence-electron chi connectivity index (χ2n) is 7.20. The first-order chi connectivity index (χ1) is 14.0. The van der Waals surface area contributed by atoms with Crippen LogP contribution in [0.3, 0.4) is 0 Å². The Morgan fingerprint density at radius 2 is 2.17 bits per heavy atom. The maximum absolute atomic E-state index is 12.2. The molecular weight excluding hydrogens is 420 g/mol. The third-order valence-electron chi connectivity index (χ3n) is 4.31.